The molecule has 2 rings (SSSR count). The molecule has 2 N–H and O–H groups in total. The van der Waals surface area contributed by atoms with Gasteiger partial charge in [0.15, 0.2) is 11.5 Å². The summed E-state index contributed by atoms with van der Waals surface area (Å²) >= 11 is 3.41. The first-order valence-corrected chi connectivity index (χ1v) is 5.44. The molecule has 1 aliphatic heterocycles. The van der Waals surface area contributed by atoms with E-state index in [0.717, 1.165) is 10.0 Å². The fraction of sp³-hybridized carbons (Fsp3) is 0.400. The third kappa shape index (κ3) is 1.95. The maximum Gasteiger partial charge on any atom is 0.231 e. The van der Waals surface area contributed by atoms with Crippen LogP contribution >= 0.6 is 15.9 Å². The van der Waals surface area contributed by atoms with Crippen molar-refractivity contribution < 1.29 is 14.6 Å². The van der Waals surface area contributed by atoms with Gasteiger partial charge < -0.3 is 19.9 Å². The van der Waals surface area contributed by atoms with Gasteiger partial charge in [0, 0.05) is 6.54 Å². The van der Waals surface area contributed by atoms with E-state index in [0.29, 0.717) is 18.0 Å². The van der Waals surface area contributed by atoms with Gasteiger partial charge in [-0.3, -0.25) is 0 Å². The quantitative estimate of drug-likeness (QED) is 0.875. The van der Waals surface area contributed by atoms with Crippen LogP contribution in [-0.2, 0) is 0 Å². The third-order valence-electron chi connectivity index (χ3n) is 2.27. The van der Waals surface area contributed by atoms with Gasteiger partial charge in [0.25, 0.3) is 0 Å². The van der Waals surface area contributed by atoms with Crippen molar-refractivity contribution >= 4 is 15.9 Å². The number of rotatable bonds is 3. The lowest BCUT2D eigenvalue weighted by Crippen LogP contribution is -2.17. The van der Waals surface area contributed by atoms with Crippen LogP contribution in [0.4, 0.5) is 0 Å². The standard InChI is InChI=1S/C10H12BrNO3/c1-12-4-7(13)6-2-3-8-10(9(6)11)15-5-14-8/h2-3,7,12-13H,4-5H2,1H3. The fourth-order valence-electron chi connectivity index (χ4n) is 1.51. The molecule has 1 heterocycles. The number of aliphatic hydroxyl groups excluding tert-OH is 1. The van der Waals surface area contributed by atoms with Crippen molar-refractivity contribution in [3.8, 4) is 11.5 Å². The molecule has 0 amide bonds. The molecule has 0 saturated heterocycles. The Morgan fingerprint density at radius 1 is 1.53 bits per heavy atom. The molecule has 1 aliphatic rings. The lowest BCUT2D eigenvalue weighted by molar-refractivity contribution is 0.170. The molecule has 1 aromatic rings. The third-order valence-corrected chi connectivity index (χ3v) is 3.08. The summed E-state index contributed by atoms with van der Waals surface area (Å²) in [7, 11) is 1.80. The van der Waals surface area contributed by atoms with E-state index < -0.39 is 6.10 Å². The van der Waals surface area contributed by atoms with E-state index in [9.17, 15) is 5.11 Å². The summed E-state index contributed by atoms with van der Waals surface area (Å²) in [5, 5.41) is 12.8. The Kier molecular flexibility index (Phi) is 3.14. The molecule has 4 nitrogen and oxygen atoms in total. The van der Waals surface area contributed by atoms with Gasteiger partial charge in [0.1, 0.15) is 0 Å². The number of likely N-dealkylation sites (N-methyl/N-ethyl adjacent to an activating group) is 1. The van der Waals surface area contributed by atoms with E-state index in [1.807, 2.05) is 6.07 Å². The normalized spacial score (nSPS) is 15.4. The van der Waals surface area contributed by atoms with Gasteiger partial charge in [0.2, 0.25) is 6.79 Å². The first-order chi connectivity index (χ1) is 7.24. The monoisotopic (exact) mass is 273 g/mol. The zero-order valence-corrected chi connectivity index (χ0v) is 9.87. The van der Waals surface area contributed by atoms with E-state index in [1.165, 1.54) is 0 Å². The molecular formula is C10H12BrNO3. The number of fused-ring (bicyclic) bond motifs is 1. The topological polar surface area (TPSA) is 50.7 Å². The Labute approximate surface area is 96.3 Å². The molecule has 0 saturated carbocycles. The SMILES string of the molecule is CNCC(O)c1ccc2c(c1Br)OCO2. The van der Waals surface area contributed by atoms with Crippen molar-refractivity contribution in [1.29, 1.82) is 0 Å². The molecule has 5 heteroatoms. The van der Waals surface area contributed by atoms with Gasteiger partial charge in [-0.25, -0.2) is 0 Å². The van der Waals surface area contributed by atoms with E-state index in [1.54, 1.807) is 13.1 Å². The lowest BCUT2D eigenvalue weighted by Gasteiger charge is -2.13. The predicted octanol–water partition coefficient (Wildman–Crippen LogP) is 1.43. The van der Waals surface area contributed by atoms with Crippen molar-refractivity contribution in [2.24, 2.45) is 0 Å². The van der Waals surface area contributed by atoms with Crippen LogP contribution in [0.25, 0.3) is 0 Å². The Hall–Kier alpha value is -0.780. The van der Waals surface area contributed by atoms with Crippen molar-refractivity contribution in [3.05, 3.63) is 22.2 Å². The van der Waals surface area contributed by atoms with Gasteiger partial charge >= 0.3 is 0 Å². The highest BCUT2D eigenvalue weighted by molar-refractivity contribution is 9.10. The summed E-state index contributed by atoms with van der Waals surface area (Å²) in [4.78, 5) is 0. The van der Waals surface area contributed by atoms with Crippen LogP contribution < -0.4 is 14.8 Å². The summed E-state index contributed by atoms with van der Waals surface area (Å²) in [6.45, 7) is 0.734. The minimum absolute atomic E-state index is 0.236. The molecule has 0 radical (unpaired) electrons. The van der Waals surface area contributed by atoms with Crippen molar-refractivity contribution in [2.45, 2.75) is 6.10 Å². The van der Waals surface area contributed by atoms with Crippen molar-refractivity contribution in [1.82, 2.24) is 5.32 Å². The van der Waals surface area contributed by atoms with E-state index in [2.05, 4.69) is 21.2 Å². The number of halogens is 1. The average molecular weight is 274 g/mol. The molecule has 82 valence electrons. The van der Waals surface area contributed by atoms with Crippen molar-refractivity contribution in [2.75, 3.05) is 20.4 Å². The fourth-order valence-corrected chi connectivity index (χ4v) is 2.22. The first kappa shape index (κ1) is 10.7. The van der Waals surface area contributed by atoms with Crippen LogP contribution in [0, 0.1) is 0 Å². The van der Waals surface area contributed by atoms with Crippen LogP contribution in [0.2, 0.25) is 0 Å². The summed E-state index contributed by atoms with van der Waals surface area (Å²) in [5.41, 5.74) is 0.800. The summed E-state index contributed by atoms with van der Waals surface area (Å²) in [5.74, 6) is 1.38. The second kappa shape index (κ2) is 4.38. The summed E-state index contributed by atoms with van der Waals surface area (Å²) in [6.07, 6.45) is -0.557. The highest BCUT2D eigenvalue weighted by atomic mass is 79.9. The molecule has 1 aromatic carbocycles. The summed E-state index contributed by atoms with van der Waals surface area (Å²) < 4.78 is 11.3. The van der Waals surface area contributed by atoms with E-state index >= 15 is 0 Å². The molecule has 0 spiro atoms. The summed E-state index contributed by atoms with van der Waals surface area (Å²) in [6, 6.07) is 3.64. The van der Waals surface area contributed by atoms with Crippen molar-refractivity contribution in [3.63, 3.8) is 0 Å². The molecule has 0 fully saturated rings. The number of hydrogen-bond acceptors (Lipinski definition) is 4. The Morgan fingerprint density at radius 2 is 2.33 bits per heavy atom. The van der Waals surface area contributed by atoms with Crippen LogP contribution in [0.3, 0.4) is 0 Å². The van der Waals surface area contributed by atoms with Gasteiger partial charge in [-0.1, -0.05) is 6.07 Å². The van der Waals surface area contributed by atoms with Gasteiger partial charge in [-0.2, -0.15) is 0 Å². The van der Waals surface area contributed by atoms with Gasteiger partial charge in [-0.05, 0) is 34.6 Å². The van der Waals surface area contributed by atoms with Crippen LogP contribution in [-0.4, -0.2) is 25.5 Å². The Bertz CT molecular complexity index is 370. The highest BCUT2D eigenvalue weighted by Crippen LogP contribution is 2.42. The molecular weight excluding hydrogens is 262 g/mol. The largest absolute Gasteiger partial charge is 0.454 e. The van der Waals surface area contributed by atoms with Crippen LogP contribution in [0.1, 0.15) is 11.7 Å². The second-order valence-electron chi connectivity index (χ2n) is 3.28. The Balaban J connectivity index is 2.33. The molecule has 1 unspecified atom stereocenters. The number of nitrogens with one attached hydrogen (secondary N) is 1. The zero-order valence-electron chi connectivity index (χ0n) is 8.29. The minimum Gasteiger partial charge on any atom is -0.454 e. The number of hydrogen-bond donors (Lipinski definition) is 2. The maximum atomic E-state index is 9.84. The molecule has 15 heavy (non-hydrogen) atoms. The van der Waals surface area contributed by atoms with E-state index in [-0.39, 0.29) is 6.79 Å². The smallest absolute Gasteiger partial charge is 0.231 e. The molecule has 0 aliphatic carbocycles. The van der Waals surface area contributed by atoms with Gasteiger partial charge in [0.05, 0.1) is 10.6 Å². The Morgan fingerprint density at radius 3 is 3.07 bits per heavy atom. The highest BCUT2D eigenvalue weighted by Gasteiger charge is 2.21. The van der Waals surface area contributed by atoms with E-state index in [4.69, 9.17) is 9.47 Å². The predicted molar refractivity (Wildman–Crippen MR) is 59.2 cm³/mol. The number of benzene rings is 1. The zero-order chi connectivity index (χ0) is 10.8. The number of aliphatic hydroxyl groups is 1. The van der Waals surface area contributed by atoms with Gasteiger partial charge in [-0.15, -0.1) is 0 Å². The second-order valence-corrected chi connectivity index (χ2v) is 4.07. The lowest BCUT2D eigenvalue weighted by atomic mass is 10.1. The molecule has 1 atom stereocenters. The van der Waals surface area contributed by atoms with Crippen LogP contribution in [0.15, 0.2) is 16.6 Å². The maximum absolute atomic E-state index is 9.84. The number of ether oxygens (including phenoxy) is 2. The van der Waals surface area contributed by atoms with Crippen LogP contribution in [0.5, 0.6) is 11.5 Å². The minimum atomic E-state index is -0.557. The first-order valence-electron chi connectivity index (χ1n) is 4.64. The molecule has 0 bridgehead atoms. The average Bonchev–Trinajstić information content (AvgIpc) is 2.67. The molecule has 0 aromatic heterocycles.